The Labute approximate surface area is 282 Å². The van der Waals surface area contributed by atoms with E-state index in [0.717, 1.165) is 54.0 Å². The number of hydrogen-bond acceptors (Lipinski definition) is 17. The Balaban J connectivity index is 1.17. The molecule has 4 aromatic rings. The van der Waals surface area contributed by atoms with Gasteiger partial charge in [0, 0.05) is 16.8 Å². The largest absolute Gasteiger partial charge is 0.489 e. The van der Waals surface area contributed by atoms with E-state index in [-0.39, 0.29) is 29.0 Å². The fraction of sp³-hybridized carbons (Fsp3) is 0.407. The molecule has 5 heterocycles. The molecule has 22 heteroatoms. The van der Waals surface area contributed by atoms with Gasteiger partial charge in [-0.15, -0.1) is 25.8 Å². The first-order chi connectivity index (χ1) is 23.4. The summed E-state index contributed by atoms with van der Waals surface area (Å²) in [7, 11) is -4.99. The number of carbonyl (C=O) groups excluding carboxylic acids is 2. The zero-order valence-corrected chi connectivity index (χ0v) is 27.7. The molecule has 0 spiro atoms. The van der Waals surface area contributed by atoms with Crippen LogP contribution in [-0.4, -0.2) is 103 Å². The number of tetrazole rings is 1. The maximum absolute atomic E-state index is 13.4. The molecule has 20 nitrogen and oxygen atoms in total. The van der Waals surface area contributed by atoms with Crippen molar-refractivity contribution in [1.82, 2.24) is 46.3 Å². The lowest BCUT2D eigenvalue weighted by Crippen LogP contribution is -2.76. The summed E-state index contributed by atoms with van der Waals surface area (Å²) < 4.78 is 41.7. The van der Waals surface area contributed by atoms with Crippen molar-refractivity contribution in [1.29, 1.82) is 0 Å². The topological polar surface area (TPSA) is 274 Å². The number of hydrogen-bond donors (Lipinski definition) is 6. The number of nitrogens with two attached hydrogens (primary N) is 1. The van der Waals surface area contributed by atoms with E-state index in [1.807, 2.05) is 24.3 Å². The van der Waals surface area contributed by atoms with E-state index in [1.165, 1.54) is 19.2 Å². The van der Waals surface area contributed by atoms with Gasteiger partial charge in [-0.05, 0) is 70.1 Å². The van der Waals surface area contributed by atoms with Crippen LogP contribution in [0, 0.1) is 0 Å². The van der Waals surface area contributed by atoms with Crippen molar-refractivity contribution in [3.05, 3.63) is 47.2 Å². The molecule has 1 unspecified atom stereocenters. The highest BCUT2D eigenvalue weighted by Crippen LogP contribution is 2.33. The van der Waals surface area contributed by atoms with Crippen molar-refractivity contribution in [2.75, 3.05) is 30.7 Å². The lowest BCUT2D eigenvalue weighted by molar-refractivity contribution is -0.218. The molecule has 2 saturated heterocycles. The number of amides is 2. The number of benzene rings is 1. The van der Waals surface area contributed by atoms with Gasteiger partial charge in [0.05, 0.1) is 11.1 Å². The van der Waals surface area contributed by atoms with Gasteiger partial charge in [0.25, 0.3) is 11.8 Å². The van der Waals surface area contributed by atoms with E-state index in [4.69, 9.17) is 24.8 Å². The van der Waals surface area contributed by atoms with Gasteiger partial charge in [-0.3, -0.25) is 14.1 Å². The second-order valence-electron chi connectivity index (χ2n) is 11.6. The van der Waals surface area contributed by atoms with Gasteiger partial charge in [-0.2, -0.15) is 18.7 Å². The van der Waals surface area contributed by atoms with Crippen molar-refractivity contribution in [2.45, 2.75) is 50.4 Å². The molecular formula is C27H32N12O8S2. The summed E-state index contributed by atoms with van der Waals surface area (Å²) in [5.41, 5.74) is 4.85. The molecule has 1 aromatic carbocycles. The molecule has 260 valence electrons. The maximum Gasteiger partial charge on any atom is 0.418 e. The monoisotopic (exact) mass is 716 g/mol. The fourth-order valence-corrected chi connectivity index (χ4v) is 6.22. The second kappa shape index (κ2) is 13.8. The van der Waals surface area contributed by atoms with Gasteiger partial charge in [-0.25, -0.2) is 9.97 Å². The Morgan fingerprint density at radius 3 is 2.71 bits per heavy atom. The van der Waals surface area contributed by atoms with Gasteiger partial charge in [0.2, 0.25) is 11.9 Å². The molecule has 49 heavy (non-hydrogen) atoms. The molecule has 2 aliphatic rings. The van der Waals surface area contributed by atoms with Crippen molar-refractivity contribution in [3.63, 3.8) is 0 Å². The number of anilines is 2. The van der Waals surface area contributed by atoms with Crippen LogP contribution in [-0.2, 0) is 29.1 Å². The number of carbonyl (C=O) groups is 2. The number of piperidine rings is 1. The fourth-order valence-electron chi connectivity index (χ4n) is 5.22. The number of pyridine rings is 1. The van der Waals surface area contributed by atoms with E-state index in [0.29, 0.717) is 16.9 Å². The third-order valence-electron chi connectivity index (χ3n) is 7.77. The molecule has 3 aromatic heterocycles. The van der Waals surface area contributed by atoms with E-state index in [1.54, 1.807) is 6.07 Å². The van der Waals surface area contributed by atoms with Gasteiger partial charge in [0.15, 0.2) is 10.8 Å². The Hall–Kier alpha value is -5.03. The summed E-state index contributed by atoms with van der Waals surface area (Å²) >= 11 is 1.03. The summed E-state index contributed by atoms with van der Waals surface area (Å²) in [5.74, 6) is -0.501. The zero-order chi connectivity index (χ0) is 34.8. The predicted octanol–water partition coefficient (Wildman–Crippen LogP) is 0.332. The molecule has 0 aliphatic carbocycles. The van der Waals surface area contributed by atoms with Crippen molar-refractivity contribution >= 4 is 61.1 Å². The highest BCUT2D eigenvalue weighted by Gasteiger charge is 2.58. The van der Waals surface area contributed by atoms with E-state index >= 15 is 0 Å². The first-order valence-electron chi connectivity index (χ1n) is 14.9. The number of β-lactam (4-membered cyclic amide) rings is 1. The molecule has 2 aliphatic heterocycles. The molecule has 0 bridgehead atoms. The molecule has 6 rings (SSSR count). The number of fused-ring (bicyclic) bond motifs is 1. The highest BCUT2D eigenvalue weighted by molar-refractivity contribution is 7.80. The molecule has 2 atom stereocenters. The Morgan fingerprint density at radius 2 is 2.04 bits per heavy atom. The first kappa shape index (κ1) is 33.9. The number of nitrogens with one attached hydrogen (secondary N) is 4. The smallest absolute Gasteiger partial charge is 0.418 e. The Morgan fingerprint density at radius 1 is 1.24 bits per heavy atom. The van der Waals surface area contributed by atoms with Crippen LogP contribution in [0.1, 0.15) is 44.3 Å². The summed E-state index contributed by atoms with van der Waals surface area (Å²) in [6.45, 7) is 4.60. The average molecular weight is 717 g/mol. The summed E-state index contributed by atoms with van der Waals surface area (Å²) in [5, 5.41) is 30.0. The summed E-state index contributed by atoms with van der Waals surface area (Å²) in [4.78, 5) is 40.6. The standard InChI is InChI=1S/C27H32N12O8S2/c1-27(2)22(25(41)39(27)47-49(42,43)44)33-24(40)21(18-13-48-26(28)32-18)36-46-19(23-34-37-38-35-23)12-45-16-4-5-17-14(11-16)3-6-20(31-17)30-15-7-9-29-10-8-15/h3-6,11,13,15,19,22,29H,7-10,12H2,1-2H3,(H2,28,32)(H,30,31)(H,33,40)(H,42,43,44)(H,34,35,37,38)/b36-21-/t19-,22?/m1/s1. The number of nitrogens with zero attached hydrogens (tertiary/aromatic N) is 7. The predicted molar refractivity (Wildman–Crippen MR) is 173 cm³/mol. The second-order valence-corrected chi connectivity index (χ2v) is 13.5. The van der Waals surface area contributed by atoms with Crippen LogP contribution >= 0.6 is 11.3 Å². The summed E-state index contributed by atoms with van der Waals surface area (Å²) in [6.07, 6.45) is 0.968. The number of thiazole rings is 1. The van der Waals surface area contributed by atoms with Crippen molar-refractivity contribution in [2.24, 2.45) is 5.16 Å². The number of nitrogen functional groups attached to an aromatic ring is 1. The lowest BCUT2D eigenvalue weighted by atomic mass is 9.84. The highest BCUT2D eigenvalue weighted by atomic mass is 32.3. The van der Waals surface area contributed by atoms with Crippen LogP contribution < -0.4 is 26.4 Å². The van der Waals surface area contributed by atoms with Crippen molar-refractivity contribution < 1.29 is 36.4 Å². The quantitative estimate of drug-likeness (QED) is 0.0471. The van der Waals surface area contributed by atoms with Crippen molar-refractivity contribution in [3.8, 4) is 5.75 Å². The third-order valence-corrected chi connectivity index (χ3v) is 8.79. The number of aromatic amines is 1. The Bertz CT molecular complexity index is 1960. The van der Waals surface area contributed by atoms with Gasteiger partial charge < -0.3 is 31.3 Å². The maximum atomic E-state index is 13.4. The van der Waals surface area contributed by atoms with E-state index < -0.39 is 39.9 Å². The van der Waals surface area contributed by atoms with Crippen LogP contribution in [0.4, 0.5) is 10.9 Å². The van der Waals surface area contributed by atoms with Crippen LogP contribution in [0.5, 0.6) is 5.75 Å². The molecule has 0 radical (unpaired) electrons. The number of ether oxygens (including phenoxy) is 1. The minimum atomic E-state index is -4.99. The minimum Gasteiger partial charge on any atom is -0.489 e. The summed E-state index contributed by atoms with van der Waals surface area (Å²) in [6, 6.07) is 8.37. The van der Waals surface area contributed by atoms with Crippen LogP contribution in [0.25, 0.3) is 10.9 Å². The molecule has 0 saturated carbocycles. The first-order valence-corrected chi connectivity index (χ1v) is 17.1. The van der Waals surface area contributed by atoms with Gasteiger partial charge in [-0.1, -0.05) is 10.4 Å². The normalized spacial score (nSPS) is 18.9. The lowest BCUT2D eigenvalue weighted by Gasteiger charge is -2.50. The van der Waals surface area contributed by atoms with Crippen LogP contribution in [0.3, 0.4) is 0 Å². The van der Waals surface area contributed by atoms with E-state index in [9.17, 15) is 18.0 Å². The Kier molecular flexibility index (Phi) is 9.56. The third kappa shape index (κ3) is 7.83. The number of rotatable bonds is 13. The van der Waals surface area contributed by atoms with Gasteiger partial charge in [0.1, 0.15) is 29.9 Å². The number of aromatic nitrogens is 6. The zero-order valence-electron chi connectivity index (χ0n) is 26.1. The SMILES string of the molecule is CC1(C)C(NC(=O)/C(=N\O[C@H](COc2ccc3nc(NC4CCNCC4)ccc3c2)c2nn[nH]n2)c2csc(N)n2)C(=O)N1OS(=O)(=O)O. The van der Waals surface area contributed by atoms with E-state index in [2.05, 4.69) is 51.0 Å². The van der Waals surface area contributed by atoms with Crippen LogP contribution in [0.2, 0.25) is 0 Å². The minimum absolute atomic E-state index is 0.0273. The van der Waals surface area contributed by atoms with Gasteiger partial charge >= 0.3 is 10.4 Å². The molecule has 2 fully saturated rings. The molecular weight excluding hydrogens is 685 g/mol. The average Bonchev–Trinajstić information content (AvgIpc) is 3.76. The number of oxime groups is 1. The molecule has 7 N–H and O–H groups in total. The number of H-pyrrole nitrogens is 1. The van der Waals surface area contributed by atoms with Crippen LogP contribution in [0.15, 0.2) is 40.9 Å². The molecule has 2 amide bonds. The number of hydroxylamine groups is 2.